The summed E-state index contributed by atoms with van der Waals surface area (Å²) in [6.45, 7) is 2.17. The van der Waals surface area contributed by atoms with Gasteiger partial charge in [-0.3, -0.25) is 4.90 Å². The van der Waals surface area contributed by atoms with Gasteiger partial charge in [0.25, 0.3) is 0 Å². The van der Waals surface area contributed by atoms with Gasteiger partial charge in [-0.1, -0.05) is 6.07 Å². The van der Waals surface area contributed by atoms with E-state index in [2.05, 4.69) is 5.32 Å². The first kappa shape index (κ1) is 11.4. The van der Waals surface area contributed by atoms with Crippen LogP contribution in [0, 0.1) is 11.6 Å². The first-order valence-electron chi connectivity index (χ1n) is 4.53. The van der Waals surface area contributed by atoms with Gasteiger partial charge in [-0.05, 0) is 19.1 Å². The van der Waals surface area contributed by atoms with Gasteiger partial charge in [0.1, 0.15) is 0 Å². The second-order valence-electron chi connectivity index (χ2n) is 2.97. The molecule has 3 nitrogen and oxygen atoms in total. The Kier molecular flexibility index (Phi) is 3.60. The molecule has 15 heavy (non-hydrogen) atoms. The number of urea groups is 1. The molecule has 1 rings (SSSR count). The summed E-state index contributed by atoms with van der Waals surface area (Å²) < 4.78 is 26.1. The monoisotopic (exact) mass is 214 g/mol. The molecule has 1 aromatic carbocycles. The summed E-state index contributed by atoms with van der Waals surface area (Å²) in [4.78, 5) is 12.4. The lowest BCUT2D eigenvalue weighted by Gasteiger charge is -2.18. The number of halogens is 2. The molecule has 0 saturated heterocycles. The van der Waals surface area contributed by atoms with E-state index < -0.39 is 17.7 Å². The summed E-state index contributed by atoms with van der Waals surface area (Å²) >= 11 is 0. The second kappa shape index (κ2) is 4.72. The molecule has 0 saturated carbocycles. The molecule has 0 fully saturated rings. The van der Waals surface area contributed by atoms with Crippen LogP contribution in [0.2, 0.25) is 0 Å². The Hall–Kier alpha value is -1.65. The van der Waals surface area contributed by atoms with Gasteiger partial charge in [-0.25, -0.2) is 13.6 Å². The van der Waals surface area contributed by atoms with Crippen LogP contribution in [0.4, 0.5) is 19.3 Å². The molecular weight excluding hydrogens is 202 g/mol. The van der Waals surface area contributed by atoms with Crippen LogP contribution in [0.5, 0.6) is 0 Å². The number of hydrogen-bond donors (Lipinski definition) is 1. The highest BCUT2D eigenvalue weighted by Gasteiger charge is 2.16. The molecule has 0 aliphatic heterocycles. The molecule has 5 heteroatoms. The Bertz CT molecular complexity index is 368. The largest absolute Gasteiger partial charge is 0.338 e. The van der Waals surface area contributed by atoms with E-state index >= 15 is 0 Å². The molecule has 0 aromatic heterocycles. The van der Waals surface area contributed by atoms with Crippen LogP contribution in [0.1, 0.15) is 6.92 Å². The molecule has 82 valence electrons. The molecule has 0 aliphatic rings. The standard InChI is InChI=1S/C10H12F2N2O/c1-3-13-10(15)14(2)8-6-4-5-7(11)9(8)12/h4-6H,3H2,1-2H3,(H,13,15). The van der Waals surface area contributed by atoms with Crippen molar-refractivity contribution in [3.63, 3.8) is 0 Å². The fourth-order valence-corrected chi connectivity index (χ4v) is 1.13. The number of amides is 2. The van der Waals surface area contributed by atoms with Crippen molar-refractivity contribution in [2.24, 2.45) is 0 Å². The fourth-order valence-electron chi connectivity index (χ4n) is 1.13. The number of hydrogen-bond acceptors (Lipinski definition) is 1. The molecule has 0 unspecified atom stereocenters. The van der Waals surface area contributed by atoms with Gasteiger partial charge in [-0.2, -0.15) is 0 Å². The molecular formula is C10H12F2N2O. The van der Waals surface area contributed by atoms with Gasteiger partial charge in [0.2, 0.25) is 0 Å². The van der Waals surface area contributed by atoms with Gasteiger partial charge in [0.05, 0.1) is 5.69 Å². The number of benzene rings is 1. The molecule has 0 heterocycles. The third-order valence-electron chi connectivity index (χ3n) is 1.93. The predicted octanol–water partition coefficient (Wildman–Crippen LogP) is 2.13. The molecule has 0 radical (unpaired) electrons. The summed E-state index contributed by atoms with van der Waals surface area (Å²) in [7, 11) is 1.38. The first-order chi connectivity index (χ1) is 7.07. The summed E-state index contributed by atoms with van der Waals surface area (Å²) in [5.41, 5.74) is -0.0825. The lowest BCUT2D eigenvalue weighted by atomic mass is 10.3. The van der Waals surface area contributed by atoms with E-state index in [0.29, 0.717) is 6.54 Å². The van der Waals surface area contributed by atoms with E-state index in [1.165, 1.54) is 19.2 Å². The highest BCUT2D eigenvalue weighted by Crippen LogP contribution is 2.19. The zero-order valence-electron chi connectivity index (χ0n) is 8.55. The van der Waals surface area contributed by atoms with Gasteiger partial charge in [0.15, 0.2) is 11.6 Å². The van der Waals surface area contributed by atoms with Crippen LogP contribution in [0.25, 0.3) is 0 Å². The maximum atomic E-state index is 13.3. The minimum atomic E-state index is -1.02. The Labute approximate surface area is 86.7 Å². The van der Waals surface area contributed by atoms with Gasteiger partial charge >= 0.3 is 6.03 Å². The van der Waals surface area contributed by atoms with Crippen LogP contribution in [-0.4, -0.2) is 19.6 Å². The van der Waals surface area contributed by atoms with Crippen molar-refractivity contribution in [2.75, 3.05) is 18.5 Å². The highest BCUT2D eigenvalue weighted by molar-refractivity contribution is 5.91. The van der Waals surface area contributed by atoms with Crippen molar-refractivity contribution >= 4 is 11.7 Å². The maximum absolute atomic E-state index is 13.3. The number of anilines is 1. The maximum Gasteiger partial charge on any atom is 0.321 e. The van der Waals surface area contributed by atoms with E-state index in [-0.39, 0.29) is 5.69 Å². The Morgan fingerprint density at radius 2 is 2.13 bits per heavy atom. The van der Waals surface area contributed by atoms with Crippen molar-refractivity contribution in [3.8, 4) is 0 Å². The Morgan fingerprint density at radius 3 is 2.73 bits per heavy atom. The highest BCUT2D eigenvalue weighted by atomic mass is 19.2. The normalized spacial score (nSPS) is 9.87. The third kappa shape index (κ3) is 2.43. The number of rotatable bonds is 2. The smallest absolute Gasteiger partial charge is 0.321 e. The average molecular weight is 214 g/mol. The van der Waals surface area contributed by atoms with Crippen LogP contribution < -0.4 is 10.2 Å². The molecule has 0 aliphatic carbocycles. The number of carbonyl (C=O) groups is 1. The lowest BCUT2D eigenvalue weighted by Crippen LogP contribution is -2.37. The summed E-state index contributed by atoms with van der Waals surface area (Å²) in [6, 6.07) is 3.23. The fraction of sp³-hybridized carbons (Fsp3) is 0.300. The quantitative estimate of drug-likeness (QED) is 0.803. The molecule has 0 spiro atoms. The van der Waals surface area contributed by atoms with Crippen molar-refractivity contribution in [1.29, 1.82) is 0 Å². The second-order valence-corrected chi connectivity index (χ2v) is 2.97. The first-order valence-corrected chi connectivity index (χ1v) is 4.53. The van der Waals surface area contributed by atoms with Crippen LogP contribution in [-0.2, 0) is 0 Å². The molecule has 0 atom stereocenters. The van der Waals surface area contributed by atoms with Crippen molar-refractivity contribution in [3.05, 3.63) is 29.8 Å². The van der Waals surface area contributed by atoms with Gasteiger partial charge in [-0.15, -0.1) is 0 Å². The van der Waals surface area contributed by atoms with E-state index in [9.17, 15) is 13.6 Å². The number of nitrogens with one attached hydrogen (secondary N) is 1. The van der Waals surface area contributed by atoms with Crippen LogP contribution in [0.15, 0.2) is 18.2 Å². The van der Waals surface area contributed by atoms with Crippen LogP contribution in [0.3, 0.4) is 0 Å². The number of carbonyl (C=O) groups excluding carboxylic acids is 1. The summed E-state index contributed by atoms with van der Waals surface area (Å²) in [5.74, 6) is -1.99. The van der Waals surface area contributed by atoms with Crippen molar-refractivity contribution < 1.29 is 13.6 Å². The minimum Gasteiger partial charge on any atom is -0.338 e. The lowest BCUT2D eigenvalue weighted by molar-refractivity contribution is 0.248. The predicted molar refractivity (Wildman–Crippen MR) is 53.8 cm³/mol. The Balaban J connectivity index is 2.96. The molecule has 1 aromatic rings. The van der Waals surface area contributed by atoms with Gasteiger partial charge in [0, 0.05) is 13.6 Å². The molecule has 0 bridgehead atoms. The number of nitrogens with zero attached hydrogens (tertiary/aromatic N) is 1. The van der Waals surface area contributed by atoms with Crippen molar-refractivity contribution in [1.82, 2.24) is 5.32 Å². The average Bonchev–Trinajstić information content (AvgIpc) is 2.21. The van der Waals surface area contributed by atoms with Crippen LogP contribution >= 0.6 is 0 Å². The molecule has 2 amide bonds. The summed E-state index contributed by atoms with van der Waals surface area (Å²) in [6.07, 6.45) is 0. The third-order valence-corrected chi connectivity index (χ3v) is 1.93. The van der Waals surface area contributed by atoms with E-state index in [1.807, 2.05) is 0 Å². The zero-order chi connectivity index (χ0) is 11.4. The Morgan fingerprint density at radius 1 is 1.47 bits per heavy atom. The van der Waals surface area contributed by atoms with Crippen molar-refractivity contribution in [2.45, 2.75) is 6.92 Å². The SMILES string of the molecule is CCNC(=O)N(C)c1cccc(F)c1F. The van der Waals surface area contributed by atoms with E-state index in [4.69, 9.17) is 0 Å². The topological polar surface area (TPSA) is 32.3 Å². The minimum absolute atomic E-state index is 0.0825. The van der Waals surface area contributed by atoms with E-state index in [0.717, 1.165) is 11.0 Å². The van der Waals surface area contributed by atoms with E-state index in [1.54, 1.807) is 6.92 Å². The summed E-state index contributed by atoms with van der Waals surface area (Å²) in [5, 5.41) is 2.49. The van der Waals surface area contributed by atoms with Gasteiger partial charge < -0.3 is 5.32 Å². The molecule has 1 N–H and O–H groups in total. The zero-order valence-corrected chi connectivity index (χ0v) is 8.55.